The van der Waals surface area contributed by atoms with E-state index in [4.69, 9.17) is 0 Å². The van der Waals surface area contributed by atoms with Gasteiger partial charge in [-0.3, -0.25) is 5.32 Å². The fraction of sp³-hybridized carbons (Fsp3) is 0.923. The van der Waals surface area contributed by atoms with Crippen molar-refractivity contribution in [1.29, 1.82) is 5.26 Å². The summed E-state index contributed by atoms with van der Waals surface area (Å²) in [6, 6.07) is 2.52. The van der Waals surface area contributed by atoms with Crippen LogP contribution in [-0.4, -0.2) is 36.6 Å². The van der Waals surface area contributed by atoms with Crippen LogP contribution >= 0.6 is 0 Å². The predicted octanol–water partition coefficient (Wildman–Crippen LogP) is 2.14. The van der Waals surface area contributed by atoms with E-state index in [1.165, 1.54) is 13.0 Å². The van der Waals surface area contributed by atoms with Gasteiger partial charge in [-0.05, 0) is 51.7 Å². The summed E-state index contributed by atoms with van der Waals surface area (Å²) >= 11 is 0. The number of rotatable bonds is 5. The zero-order valence-electron chi connectivity index (χ0n) is 10.8. The van der Waals surface area contributed by atoms with E-state index in [1.807, 2.05) is 0 Å². The molecule has 16 heavy (non-hydrogen) atoms. The third-order valence-electron chi connectivity index (χ3n) is 3.40. The van der Waals surface area contributed by atoms with Crippen molar-refractivity contribution in [3.63, 3.8) is 0 Å². The summed E-state index contributed by atoms with van der Waals surface area (Å²) in [6.45, 7) is 8.73. The number of nitrogens with one attached hydrogen (secondary N) is 1. The van der Waals surface area contributed by atoms with E-state index >= 15 is 0 Å². The molecule has 3 nitrogen and oxygen atoms in total. The molecule has 0 aromatic carbocycles. The van der Waals surface area contributed by atoms with Gasteiger partial charge in [-0.25, -0.2) is 0 Å². The zero-order chi connectivity index (χ0) is 11.9. The Morgan fingerprint density at radius 1 is 1.25 bits per heavy atom. The normalized spacial score (nSPS) is 27.3. The molecule has 1 fully saturated rings. The Labute approximate surface area is 99.8 Å². The maximum atomic E-state index is 9.38. The van der Waals surface area contributed by atoms with Gasteiger partial charge in [0.2, 0.25) is 0 Å². The Morgan fingerprint density at radius 3 is 2.69 bits per heavy atom. The third-order valence-corrected chi connectivity index (χ3v) is 3.40. The molecule has 0 saturated carbocycles. The first-order chi connectivity index (χ1) is 7.76. The molecular weight excluding hydrogens is 198 g/mol. The first-order valence-electron chi connectivity index (χ1n) is 6.65. The highest BCUT2D eigenvalue weighted by atomic mass is 15.1. The minimum Gasteiger partial charge on any atom is -0.303 e. The number of hydrogen-bond acceptors (Lipinski definition) is 3. The van der Waals surface area contributed by atoms with Crippen molar-refractivity contribution in [1.82, 2.24) is 10.2 Å². The van der Waals surface area contributed by atoms with Gasteiger partial charge < -0.3 is 4.90 Å². The van der Waals surface area contributed by atoms with Crippen LogP contribution in [0.2, 0.25) is 0 Å². The second kappa shape index (κ2) is 6.88. The SMILES string of the molecule is CCCNC1(C#N)CCCN(CCC)CC1. The van der Waals surface area contributed by atoms with Crippen LogP contribution in [0.5, 0.6) is 0 Å². The van der Waals surface area contributed by atoms with E-state index in [9.17, 15) is 5.26 Å². The van der Waals surface area contributed by atoms with Crippen molar-refractivity contribution in [2.45, 2.75) is 51.5 Å². The highest BCUT2D eigenvalue weighted by molar-refractivity contribution is 5.08. The molecule has 0 aromatic rings. The second-order valence-corrected chi connectivity index (χ2v) is 4.82. The minimum atomic E-state index is -0.251. The van der Waals surface area contributed by atoms with Crippen molar-refractivity contribution in [3.8, 4) is 6.07 Å². The van der Waals surface area contributed by atoms with Crippen LogP contribution in [0, 0.1) is 11.3 Å². The summed E-state index contributed by atoms with van der Waals surface area (Å²) in [5.41, 5.74) is -0.251. The smallest absolute Gasteiger partial charge is 0.108 e. The molecule has 1 unspecified atom stereocenters. The van der Waals surface area contributed by atoms with Gasteiger partial charge in [0.1, 0.15) is 5.54 Å². The minimum absolute atomic E-state index is 0.251. The largest absolute Gasteiger partial charge is 0.303 e. The van der Waals surface area contributed by atoms with E-state index in [1.54, 1.807) is 0 Å². The van der Waals surface area contributed by atoms with Gasteiger partial charge >= 0.3 is 0 Å². The van der Waals surface area contributed by atoms with E-state index in [2.05, 4.69) is 30.1 Å². The fourth-order valence-corrected chi connectivity index (χ4v) is 2.42. The highest BCUT2D eigenvalue weighted by Gasteiger charge is 2.31. The van der Waals surface area contributed by atoms with Gasteiger partial charge in [-0.15, -0.1) is 0 Å². The van der Waals surface area contributed by atoms with Gasteiger partial charge in [0.25, 0.3) is 0 Å². The van der Waals surface area contributed by atoms with Crippen LogP contribution < -0.4 is 5.32 Å². The van der Waals surface area contributed by atoms with Crippen LogP contribution in [0.3, 0.4) is 0 Å². The van der Waals surface area contributed by atoms with E-state index in [0.717, 1.165) is 45.3 Å². The van der Waals surface area contributed by atoms with E-state index in [-0.39, 0.29) is 5.54 Å². The first kappa shape index (κ1) is 13.5. The van der Waals surface area contributed by atoms with Gasteiger partial charge in [0.05, 0.1) is 6.07 Å². The van der Waals surface area contributed by atoms with Gasteiger partial charge in [0.15, 0.2) is 0 Å². The first-order valence-corrected chi connectivity index (χ1v) is 6.65. The number of hydrogen-bond donors (Lipinski definition) is 1. The summed E-state index contributed by atoms with van der Waals surface area (Å²) < 4.78 is 0. The molecule has 92 valence electrons. The summed E-state index contributed by atoms with van der Waals surface area (Å²) in [7, 11) is 0. The van der Waals surface area contributed by atoms with Crippen LogP contribution in [0.15, 0.2) is 0 Å². The Hall–Kier alpha value is -0.590. The molecule has 1 atom stereocenters. The molecule has 0 aliphatic carbocycles. The number of likely N-dealkylation sites (tertiary alicyclic amines) is 1. The Balaban J connectivity index is 2.51. The number of nitrogens with zero attached hydrogens (tertiary/aromatic N) is 2. The van der Waals surface area contributed by atoms with Crippen LogP contribution in [0.1, 0.15) is 46.0 Å². The average Bonchev–Trinajstić information content (AvgIpc) is 2.51. The maximum absolute atomic E-state index is 9.38. The van der Waals surface area contributed by atoms with Crippen molar-refractivity contribution in [3.05, 3.63) is 0 Å². The van der Waals surface area contributed by atoms with Gasteiger partial charge in [-0.1, -0.05) is 13.8 Å². The summed E-state index contributed by atoms with van der Waals surface area (Å²) in [6.07, 6.45) is 5.43. The highest BCUT2D eigenvalue weighted by Crippen LogP contribution is 2.21. The van der Waals surface area contributed by atoms with Crippen molar-refractivity contribution in [2.75, 3.05) is 26.2 Å². The molecule has 0 aromatic heterocycles. The molecule has 1 heterocycles. The van der Waals surface area contributed by atoms with Crippen LogP contribution in [0.25, 0.3) is 0 Å². The monoisotopic (exact) mass is 223 g/mol. The summed E-state index contributed by atoms with van der Waals surface area (Å²) in [5, 5.41) is 12.8. The molecule has 3 heteroatoms. The summed E-state index contributed by atoms with van der Waals surface area (Å²) in [5.74, 6) is 0. The van der Waals surface area contributed by atoms with Gasteiger partial charge in [-0.2, -0.15) is 5.26 Å². The molecule has 0 spiro atoms. The molecule has 0 radical (unpaired) electrons. The maximum Gasteiger partial charge on any atom is 0.108 e. The molecule has 0 bridgehead atoms. The van der Waals surface area contributed by atoms with Crippen molar-refractivity contribution >= 4 is 0 Å². The summed E-state index contributed by atoms with van der Waals surface area (Å²) in [4.78, 5) is 2.49. The van der Waals surface area contributed by atoms with E-state index in [0.29, 0.717) is 0 Å². The molecular formula is C13H25N3. The zero-order valence-corrected chi connectivity index (χ0v) is 10.8. The van der Waals surface area contributed by atoms with Crippen LogP contribution in [-0.2, 0) is 0 Å². The van der Waals surface area contributed by atoms with Crippen LogP contribution in [0.4, 0.5) is 0 Å². The second-order valence-electron chi connectivity index (χ2n) is 4.82. The Kier molecular flexibility index (Phi) is 5.79. The quantitative estimate of drug-likeness (QED) is 0.776. The van der Waals surface area contributed by atoms with E-state index < -0.39 is 0 Å². The lowest BCUT2D eigenvalue weighted by molar-refractivity contribution is 0.276. The lowest BCUT2D eigenvalue weighted by Crippen LogP contribution is -2.45. The molecule has 1 N–H and O–H groups in total. The van der Waals surface area contributed by atoms with Crippen molar-refractivity contribution in [2.24, 2.45) is 0 Å². The number of nitriles is 1. The van der Waals surface area contributed by atoms with Gasteiger partial charge in [0, 0.05) is 6.54 Å². The average molecular weight is 223 g/mol. The lowest BCUT2D eigenvalue weighted by Gasteiger charge is -2.26. The Morgan fingerprint density at radius 2 is 2.06 bits per heavy atom. The third kappa shape index (κ3) is 3.77. The molecule has 1 rings (SSSR count). The molecule has 1 aliphatic heterocycles. The molecule has 0 amide bonds. The van der Waals surface area contributed by atoms with Crippen molar-refractivity contribution < 1.29 is 0 Å². The molecule has 1 saturated heterocycles. The predicted molar refractivity (Wildman–Crippen MR) is 67.2 cm³/mol. The lowest BCUT2D eigenvalue weighted by atomic mass is 9.92. The molecule has 1 aliphatic rings. The standard InChI is InChI=1S/C13H25N3/c1-3-8-15-13(12-14)6-5-10-16(9-4-2)11-7-13/h15H,3-11H2,1-2H3. The fourth-order valence-electron chi connectivity index (χ4n) is 2.42. The Bertz CT molecular complexity index is 234. The topological polar surface area (TPSA) is 39.1 Å².